The van der Waals surface area contributed by atoms with Crippen LogP contribution in [0.2, 0.25) is 0 Å². The van der Waals surface area contributed by atoms with Gasteiger partial charge in [-0.3, -0.25) is 14.4 Å². The van der Waals surface area contributed by atoms with Gasteiger partial charge in [-0.2, -0.15) is 0 Å². The van der Waals surface area contributed by atoms with E-state index in [-0.39, 0.29) is 35.2 Å². The number of halogens is 2. The number of hydrogen-bond donors (Lipinski definition) is 1. The van der Waals surface area contributed by atoms with Crippen LogP contribution in [0.3, 0.4) is 0 Å². The third-order valence-corrected chi connectivity index (χ3v) is 9.53. The van der Waals surface area contributed by atoms with Crippen LogP contribution in [-0.2, 0) is 19.1 Å². The molecule has 7 heteroatoms. The van der Waals surface area contributed by atoms with E-state index in [0.717, 1.165) is 5.57 Å². The molecule has 0 spiro atoms. The minimum absolute atomic E-state index is 0.00564. The fourth-order valence-corrected chi connectivity index (χ4v) is 8.14. The number of Topliss-reactive ketones (excluding diaryl/α,β-unsaturated/α-hetero) is 1. The Morgan fingerprint density at radius 1 is 1.32 bits per heavy atom. The fraction of sp³-hybridized carbons (Fsp3) is 0.708. The van der Waals surface area contributed by atoms with Crippen LogP contribution in [0.1, 0.15) is 53.4 Å². The van der Waals surface area contributed by atoms with E-state index in [4.69, 9.17) is 4.74 Å². The first kappa shape index (κ1) is 22.8. The predicted octanol–water partition coefficient (Wildman–Crippen LogP) is 3.87. The fourth-order valence-electron chi connectivity index (χ4n) is 7.72. The van der Waals surface area contributed by atoms with Crippen LogP contribution in [-0.4, -0.2) is 45.3 Å². The number of hydrogen-bond acceptors (Lipinski definition) is 5. The Hall–Kier alpha value is -1.34. The topological polar surface area (TPSA) is 80.7 Å². The molecule has 8 atom stereocenters. The second-order valence-electron chi connectivity index (χ2n) is 10.3. The summed E-state index contributed by atoms with van der Waals surface area (Å²) in [7, 11) is 0. The van der Waals surface area contributed by atoms with Crippen LogP contribution in [0.5, 0.6) is 0 Å². The zero-order valence-electron chi connectivity index (χ0n) is 18.4. The van der Waals surface area contributed by atoms with Gasteiger partial charge in [-0.25, -0.2) is 4.39 Å². The van der Waals surface area contributed by atoms with E-state index in [2.05, 4.69) is 15.9 Å². The van der Waals surface area contributed by atoms with E-state index in [0.29, 0.717) is 19.3 Å². The van der Waals surface area contributed by atoms with E-state index in [1.807, 2.05) is 13.8 Å². The Morgan fingerprint density at radius 3 is 2.61 bits per heavy atom. The highest BCUT2D eigenvalue weighted by molar-refractivity contribution is 9.09. The number of carbonyl (C=O) groups excluding carboxylic acids is 3. The highest BCUT2D eigenvalue weighted by Crippen LogP contribution is 2.71. The smallest absolute Gasteiger partial charge is 0.303 e. The van der Waals surface area contributed by atoms with Gasteiger partial charge >= 0.3 is 5.97 Å². The van der Waals surface area contributed by atoms with Crippen LogP contribution < -0.4 is 0 Å². The molecule has 5 nitrogen and oxygen atoms in total. The summed E-state index contributed by atoms with van der Waals surface area (Å²) in [5, 5.41) is 11.4. The average Bonchev–Trinajstić information content (AvgIpc) is 2.90. The van der Waals surface area contributed by atoms with Gasteiger partial charge < -0.3 is 9.84 Å². The van der Waals surface area contributed by atoms with Gasteiger partial charge in [-0.1, -0.05) is 41.4 Å². The number of aliphatic hydroxyl groups is 1. The predicted molar refractivity (Wildman–Crippen MR) is 116 cm³/mol. The van der Waals surface area contributed by atoms with Gasteiger partial charge in [-0.05, 0) is 50.7 Å². The maximum absolute atomic E-state index is 17.1. The molecule has 0 radical (unpaired) electrons. The molecule has 0 aromatic carbocycles. The van der Waals surface area contributed by atoms with Crippen molar-refractivity contribution in [3.63, 3.8) is 0 Å². The van der Waals surface area contributed by atoms with Crippen LogP contribution >= 0.6 is 15.9 Å². The zero-order valence-corrected chi connectivity index (χ0v) is 20.0. The van der Waals surface area contributed by atoms with Crippen LogP contribution in [0.25, 0.3) is 0 Å². The Balaban J connectivity index is 1.86. The van der Waals surface area contributed by atoms with Gasteiger partial charge in [-0.15, -0.1) is 0 Å². The minimum atomic E-state index is -1.97. The first-order valence-corrected chi connectivity index (χ1v) is 12.1. The molecule has 3 saturated carbocycles. The van der Waals surface area contributed by atoms with Gasteiger partial charge in [0.2, 0.25) is 0 Å². The van der Waals surface area contributed by atoms with Gasteiger partial charge in [0.1, 0.15) is 0 Å². The molecule has 0 aromatic rings. The maximum Gasteiger partial charge on any atom is 0.303 e. The number of ether oxygens (including phenoxy) is 1. The highest BCUT2D eigenvalue weighted by Gasteiger charge is 2.76. The summed E-state index contributed by atoms with van der Waals surface area (Å²) < 4.78 is 23.0. The van der Waals surface area contributed by atoms with Crippen molar-refractivity contribution in [2.24, 2.45) is 28.6 Å². The second kappa shape index (κ2) is 7.08. The maximum atomic E-state index is 17.1. The van der Waals surface area contributed by atoms with Gasteiger partial charge in [0.25, 0.3) is 0 Å². The molecular formula is C24H30BrFO5. The summed E-state index contributed by atoms with van der Waals surface area (Å²) in [6.07, 6.45) is 4.72. The van der Waals surface area contributed by atoms with Crippen LogP contribution in [0.4, 0.5) is 4.39 Å². The summed E-state index contributed by atoms with van der Waals surface area (Å²) in [6, 6.07) is 0. The largest absolute Gasteiger partial charge is 0.450 e. The number of rotatable bonds is 3. The standard InChI is InChI=1S/C24H30BrFO5/c1-13-9-18-17-6-5-15-10-16(28)7-8-21(15,3)23(17,26)19(29)11-22(18,4)24(13,20(30)12-25)31-14(2)27/h7-8,10,13,17-19,29H,5-6,9,11-12H2,1-4H3/t13-,17-,18-,19-,21-,22-,23-,24-/m0/s1. The summed E-state index contributed by atoms with van der Waals surface area (Å²) in [6.45, 7) is 6.81. The number of ketones is 2. The van der Waals surface area contributed by atoms with Crippen molar-refractivity contribution in [2.75, 3.05) is 5.33 Å². The normalized spacial score (nSPS) is 48.4. The van der Waals surface area contributed by atoms with Crippen LogP contribution in [0, 0.1) is 28.6 Å². The minimum Gasteiger partial charge on any atom is -0.450 e. The van der Waals surface area contributed by atoms with Gasteiger partial charge in [0, 0.05) is 29.6 Å². The molecule has 0 aliphatic heterocycles. The van der Waals surface area contributed by atoms with E-state index >= 15 is 4.39 Å². The molecule has 0 aromatic heterocycles. The lowest BCUT2D eigenvalue weighted by atomic mass is 9.44. The molecule has 4 aliphatic rings. The summed E-state index contributed by atoms with van der Waals surface area (Å²) in [5.74, 6) is -2.03. The molecule has 0 bridgehead atoms. The summed E-state index contributed by atoms with van der Waals surface area (Å²) >= 11 is 3.25. The highest BCUT2D eigenvalue weighted by atomic mass is 79.9. The number of aliphatic hydroxyl groups excluding tert-OH is 1. The summed E-state index contributed by atoms with van der Waals surface area (Å²) in [4.78, 5) is 37.3. The van der Waals surface area contributed by atoms with Gasteiger partial charge in [0.05, 0.1) is 11.4 Å². The van der Waals surface area contributed by atoms with E-state index in [1.165, 1.54) is 19.1 Å². The first-order valence-electron chi connectivity index (χ1n) is 11.0. The molecule has 4 aliphatic carbocycles. The third kappa shape index (κ3) is 2.65. The molecule has 170 valence electrons. The van der Waals surface area contributed by atoms with Crippen molar-refractivity contribution in [1.82, 2.24) is 0 Å². The van der Waals surface area contributed by atoms with Crippen molar-refractivity contribution >= 4 is 33.5 Å². The second-order valence-corrected chi connectivity index (χ2v) is 10.8. The van der Waals surface area contributed by atoms with Crippen LogP contribution in [0.15, 0.2) is 23.8 Å². The molecular weight excluding hydrogens is 467 g/mol. The molecule has 0 amide bonds. The molecule has 0 heterocycles. The lowest BCUT2D eigenvalue weighted by molar-refractivity contribution is -0.226. The number of carbonyl (C=O) groups is 3. The Kier molecular flexibility index (Phi) is 5.21. The van der Waals surface area contributed by atoms with E-state index < -0.39 is 40.1 Å². The van der Waals surface area contributed by atoms with Crippen molar-refractivity contribution < 1.29 is 28.6 Å². The van der Waals surface area contributed by atoms with Gasteiger partial charge in [0.15, 0.2) is 22.8 Å². The number of allylic oxidation sites excluding steroid dienone is 4. The molecule has 0 unspecified atom stereocenters. The zero-order chi connectivity index (χ0) is 23.0. The Bertz CT molecular complexity index is 914. The SMILES string of the molecule is CC(=O)O[C@]1(C(=O)CBr)[C@@H](C)C[C@H]2[C@@H]3CCC4=CC(=O)C=C[C@]4(C)[C@@]3(F)[C@@H](O)C[C@@]21C. The number of esters is 1. The molecule has 0 saturated heterocycles. The molecule has 1 N–H and O–H groups in total. The van der Waals surface area contributed by atoms with Crippen molar-refractivity contribution in [1.29, 1.82) is 0 Å². The third-order valence-electron chi connectivity index (χ3n) is 9.02. The van der Waals surface area contributed by atoms with E-state index in [9.17, 15) is 19.5 Å². The Morgan fingerprint density at radius 2 is 2.00 bits per heavy atom. The summed E-state index contributed by atoms with van der Waals surface area (Å²) in [5.41, 5.74) is -4.64. The lowest BCUT2D eigenvalue weighted by Crippen LogP contribution is -2.70. The lowest BCUT2D eigenvalue weighted by Gasteiger charge is -2.62. The van der Waals surface area contributed by atoms with Crippen molar-refractivity contribution in [2.45, 2.75) is 70.8 Å². The number of alkyl halides is 2. The van der Waals surface area contributed by atoms with Crippen molar-refractivity contribution in [3.05, 3.63) is 23.8 Å². The molecule has 3 fully saturated rings. The van der Waals surface area contributed by atoms with E-state index in [1.54, 1.807) is 13.0 Å². The first-order chi connectivity index (χ1) is 14.4. The number of fused-ring (bicyclic) bond motifs is 5. The average molecular weight is 497 g/mol. The molecule has 31 heavy (non-hydrogen) atoms. The monoisotopic (exact) mass is 496 g/mol. The molecule has 4 rings (SSSR count). The van der Waals surface area contributed by atoms with Crippen molar-refractivity contribution in [3.8, 4) is 0 Å². The quantitative estimate of drug-likeness (QED) is 0.473. The Labute approximate surface area is 190 Å².